The second kappa shape index (κ2) is 6.79. The number of rotatable bonds is 4. The minimum Gasteiger partial charge on any atom is -0.353 e. The van der Waals surface area contributed by atoms with E-state index in [0.29, 0.717) is 6.54 Å². The van der Waals surface area contributed by atoms with Crippen molar-refractivity contribution in [3.05, 3.63) is 35.4 Å². The molecule has 0 aromatic heterocycles. The third-order valence-corrected chi connectivity index (χ3v) is 3.94. The summed E-state index contributed by atoms with van der Waals surface area (Å²) in [6.07, 6.45) is 3.97. The van der Waals surface area contributed by atoms with E-state index in [2.05, 4.69) is 5.32 Å². The Balaban J connectivity index is 1.96. The van der Waals surface area contributed by atoms with E-state index in [4.69, 9.17) is 5.73 Å². The van der Waals surface area contributed by atoms with Crippen LogP contribution in [0.4, 0.5) is 8.78 Å². The Morgan fingerprint density at radius 3 is 2.80 bits per heavy atom. The number of benzene rings is 1. The highest BCUT2D eigenvalue weighted by Crippen LogP contribution is 2.23. The molecule has 2 atom stereocenters. The van der Waals surface area contributed by atoms with E-state index in [-0.39, 0.29) is 29.9 Å². The standard InChI is InChI=1S/C15H20F2N2O/c16-12-6-3-5-10(15(12)17)8-14(20)19-13-7-2-1-4-11(13)9-18/h3,5-6,11,13H,1-2,4,7-9,18H2,(H,19,20). The second-order valence-corrected chi connectivity index (χ2v) is 5.34. The number of nitrogens with two attached hydrogens (primary N) is 1. The minimum atomic E-state index is -0.943. The maximum Gasteiger partial charge on any atom is 0.224 e. The molecule has 0 heterocycles. The fraction of sp³-hybridized carbons (Fsp3) is 0.533. The van der Waals surface area contributed by atoms with Gasteiger partial charge in [-0.2, -0.15) is 0 Å². The Bertz CT molecular complexity index is 479. The highest BCUT2D eigenvalue weighted by molar-refractivity contribution is 5.79. The normalized spacial score (nSPS) is 22.6. The van der Waals surface area contributed by atoms with E-state index in [1.54, 1.807) is 0 Å². The topological polar surface area (TPSA) is 55.1 Å². The molecule has 5 heteroatoms. The monoisotopic (exact) mass is 282 g/mol. The first-order valence-electron chi connectivity index (χ1n) is 7.04. The van der Waals surface area contributed by atoms with Crippen LogP contribution >= 0.6 is 0 Å². The first-order chi connectivity index (χ1) is 9.61. The molecule has 2 unspecified atom stereocenters. The third-order valence-electron chi connectivity index (χ3n) is 3.94. The summed E-state index contributed by atoms with van der Waals surface area (Å²) in [5.41, 5.74) is 5.79. The summed E-state index contributed by atoms with van der Waals surface area (Å²) in [5, 5.41) is 2.91. The molecule has 1 aromatic rings. The van der Waals surface area contributed by atoms with Gasteiger partial charge >= 0.3 is 0 Å². The molecule has 3 nitrogen and oxygen atoms in total. The lowest BCUT2D eigenvalue weighted by Crippen LogP contribution is -2.45. The van der Waals surface area contributed by atoms with Gasteiger partial charge in [-0.3, -0.25) is 4.79 Å². The Hall–Kier alpha value is -1.49. The minimum absolute atomic E-state index is 0.0536. The molecule has 1 fully saturated rings. The quantitative estimate of drug-likeness (QED) is 0.889. The molecule has 0 radical (unpaired) electrons. The highest BCUT2D eigenvalue weighted by atomic mass is 19.2. The molecule has 1 aliphatic rings. The van der Waals surface area contributed by atoms with E-state index in [0.717, 1.165) is 31.7 Å². The Labute approximate surface area is 117 Å². The van der Waals surface area contributed by atoms with E-state index in [1.165, 1.54) is 12.1 Å². The van der Waals surface area contributed by atoms with Crippen LogP contribution in [0.25, 0.3) is 0 Å². The van der Waals surface area contributed by atoms with Crippen molar-refractivity contribution >= 4 is 5.91 Å². The molecular formula is C15H20F2N2O. The summed E-state index contributed by atoms with van der Waals surface area (Å²) in [5.74, 6) is -1.86. The van der Waals surface area contributed by atoms with Crippen molar-refractivity contribution < 1.29 is 13.6 Å². The van der Waals surface area contributed by atoms with Crippen molar-refractivity contribution in [2.24, 2.45) is 11.7 Å². The van der Waals surface area contributed by atoms with Crippen LogP contribution in [-0.2, 0) is 11.2 Å². The Morgan fingerprint density at radius 2 is 2.05 bits per heavy atom. The number of nitrogens with one attached hydrogen (secondary N) is 1. The largest absolute Gasteiger partial charge is 0.353 e. The molecule has 0 bridgehead atoms. The van der Waals surface area contributed by atoms with Gasteiger partial charge in [-0.25, -0.2) is 8.78 Å². The van der Waals surface area contributed by atoms with Crippen molar-refractivity contribution in [3.8, 4) is 0 Å². The lowest BCUT2D eigenvalue weighted by Gasteiger charge is -2.31. The zero-order valence-electron chi connectivity index (χ0n) is 11.4. The Morgan fingerprint density at radius 1 is 1.30 bits per heavy atom. The van der Waals surface area contributed by atoms with Crippen LogP contribution in [0.5, 0.6) is 0 Å². The van der Waals surface area contributed by atoms with Crippen molar-refractivity contribution in [2.45, 2.75) is 38.1 Å². The van der Waals surface area contributed by atoms with Crippen LogP contribution in [0.3, 0.4) is 0 Å². The van der Waals surface area contributed by atoms with Gasteiger partial charge in [0.1, 0.15) is 0 Å². The predicted molar refractivity (Wildman–Crippen MR) is 73.0 cm³/mol. The average molecular weight is 282 g/mol. The molecular weight excluding hydrogens is 262 g/mol. The maximum atomic E-state index is 13.5. The van der Waals surface area contributed by atoms with Gasteiger partial charge < -0.3 is 11.1 Å². The first-order valence-corrected chi connectivity index (χ1v) is 7.04. The van der Waals surface area contributed by atoms with Crippen LogP contribution in [0.2, 0.25) is 0 Å². The Kier molecular flexibility index (Phi) is 5.06. The van der Waals surface area contributed by atoms with Gasteiger partial charge in [0, 0.05) is 11.6 Å². The highest BCUT2D eigenvalue weighted by Gasteiger charge is 2.25. The number of hydrogen-bond acceptors (Lipinski definition) is 2. The van der Waals surface area contributed by atoms with Gasteiger partial charge in [-0.1, -0.05) is 25.0 Å². The molecule has 3 N–H and O–H groups in total. The van der Waals surface area contributed by atoms with Gasteiger partial charge in [0.2, 0.25) is 5.91 Å². The molecule has 1 amide bonds. The lowest BCUT2D eigenvalue weighted by atomic mass is 9.84. The van der Waals surface area contributed by atoms with Crippen LogP contribution in [0, 0.1) is 17.6 Å². The number of carbonyl (C=O) groups excluding carboxylic acids is 1. The zero-order valence-corrected chi connectivity index (χ0v) is 11.4. The maximum absolute atomic E-state index is 13.5. The molecule has 20 heavy (non-hydrogen) atoms. The summed E-state index contributed by atoms with van der Waals surface area (Å²) >= 11 is 0. The van der Waals surface area contributed by atoms with E-state index in [1.807, 2.05) is 0 Å². The third kappa shape index (κ3) is 3.54. The fourth-order valence-electron chi connectivity index (χ4n) is 2.80. The van der Waals surface area contributed by atoms with Crippen LogP contribution < -0.4 is 11.1 Å². The van der Waals surface area contributed by atoms with Crippen LogP contribution in [0.15, 0.2) is 18.2 Å². The number of hydrogen-bond donors (Lipinski definition) is 2. The predicted octanol–water partition coefficient (Wildman–Crippen LogP) is 2.14. The number of halogens is 2. The molecule has 2 rings (SSSR count). The summed E-state index contributed by atoms with van der Waals surface area (Å²) in [6, 6.07) is 3.93. The fourth-order valence-corrected chi connectivity index (χ4v) is 2.80. The molecule has 0 spiro atoms. The van der Waals surface area contributed by atoms with Gasteiger partial charge in [0.15, 0.2) is 11.6 Å². The van der Waals surface area contributed by atoms with Gasteiger partial charge in [0.25, 0.3) is 0 Å². The molecule has 1 aliphatic carbocycles. The number of carbonyl (C=O) groups is 1. The van der Waals surface area contributed by atoms with Crippen molar-refractivity contribution in [2.75, 3.05) is 6.54 Å². The smallest absolute Gasteiger partial charge is 0.224 e. The molecule has 0 aliphatic heterocycles. The number of amides is 1. The van der Waals surface area contributed by atoms with Crippen LogP contribution in [0.1, 0.15) is 31.2 Å². The van der Waals surface area contributed by atoms with Crippen molar-refractivity contribution in [1.82, 2.24) is 5.32 Å². The summed E-state index contributed by atoms with van der Waals surface area (Å²) < 4.78 is 26.6. The zero-order chi connectivity index (χ0) is 14.5. The molecule has 110 valence electrons. The van der Waals surface area contributed by atoms with Gasteiger partial charge in [-0.05, 0) is 31.4 Å². The SMILES string of the molecule is NCC1CCCCC1NC(=O)Cc1cccc(F)c1F. The molecule has 1 saturated carbocycles. The molecule has 1 aromatic carbocycles. The van der Waals surface area contributed by atoms with Crippen molar-refractivity contribution in [3.63, 3.8) is 0 Å². The lowest BCUT2D eigenvalue weighted by molar-refractivity contribution is -0.121. The molecule has 0 saturated heterocycles. The van der Waals surface area contributed by atoms with Crippen molar-refractivity contribution in [1.29, 1.82) is 0 Å². The summed E-state index contributed by atoms with van der Waals surface area (Å²) in [4.78, 5) is 12.0. The summed E-state index contributed by atoms with van der Waals surface area (Å²) in [6.45, 7) is 0.541. The summed E-state index contributed by atoms with van der Waals surface area (Å²) in [7, 11) is 0. The van der Waals surface area contributed by atoms with Gasteiger partial charge in [0.05, 0.1) is 6.42 Å². The first kappa shape index (κ1) is 14.9. The van der Waals surface area contributed by atoms with Gasteiger partial charge in [-0.15, -0.1) is 0 Å². The van der Waals surface area contributed by atoms with E-state index < -0.39 is 11.6 Å². The van der Waals surface area contributed by atoms with Crippen LogP contribution in [-0.4, -0.2) is 18.5 Å². The van der Waals surface area contributed by atoms with E-state index >= 15 is 0 Å². The average Bonchev–Trinajstić information content (AvgIpc) is 2.44. The second-order valence-electron chi connectivity index (χ2n) is 5.34. The van der Waals surface area contributed by atoms with E-state index in [9.17, 15) is 13.6 Å².